The SMILES string of the molecule is Cl.Cl.[CH3-].[CH3-].[Si]=[Zr].c1ccc2cc(-c3cccc4[cH-]c(CC5C6CC7CC(C6)CC5C7)cc34)ccc2c1.c1ccc2cc(-c3cccc4[cH-]c(CC5C6CC7CC(C6)CC5C7)cc34)ccc2c1. The minimum absolute atomic E-state index is 0. The maximum atomic E-state index is 3.06. The summed E-state index contributed by atoms with van der Waals surface area (Å²) in [6.45, 7) is 3.06. The molecule has 8 fully saturated rings. The van der Waals surface area contributed by atoms with Crippen molar-refractivity contribution in [3.63, 3.8) is 0 Å². The average molecular weight is 1000 g/mol. The summed E-state index contributed by atoms with van der Waals surface area (Å²) >= 11 is 1.36. The molecule has 0 nitrogen and oxygen atoms in total. The fraction of sp³-hybridized carbons (Fsp3) is 0.355. The van der Waals surface area contributed by atoms with E-state index in [9.17, 15) is 0 Å². The molecule has 2 radical (unpaired) electrons. The van der Waals surface area contributed by atoms with Crippen LogP contribution in [0.25, 0.3) is 65.3 Å². The number of benzene rings is 6. The van der Waals surface area contributed by atoms with Crippen LogP contribution >= 0.6 is 24.8 Å². The molecule has 0 amide bonds. The molecule has 66 heavy (non-hydrogen) atoms. The van der Waals surface area contributed by atoms with E-state index in [0.717, 1.165) is 59.2 Å². The van der Waals surface area contributed by atoms with Gasteiger partial charge in [-0.15, -0.1) is 93.9 Å². The van der Waals surface area contributed by atoms with E-state index in [4.69, 9.17) is 0 Å². The Kier molecular flexibility index (Phi) is 15.5. The molecule has 8 aromatic rings. The Bertz CT molecular complexity index is 2670. The van der Waals surface area contributed by atoms with Crippen molar-refractivity contribution in [1.29, 1.82) is 0 Å². The van der Waals surface area contributed by atoms with Gasteiger partial charge in [0.2, 0.25) is 0 Å². The maximum absolute atomic E-state index is 3.06. The van der Waals surface area contributed by atoms with E-state index < -0.39 is 0 Å². The van der Waals surface area contributed by atoms with Crippen LogP contribution in [-0.4, -0.2) is 6.88 Å². The van der Waals surface area contributed by atoms with Gasteiger partial charge in [-0.3, -0.25) is 0 Å². The van der Waals surface area contributed by atoms with E-state index in [1.807, 2.05) is 0 Å². The Balaban J connectivity index is 0.000000163. The van der Waals surface area contributed by atoms with E-state index in [-0.39, 0.29) is 39.7 Å². The summed E-state index contributed by atoms with van der Waals surface area (Å²) in [7, 11) is 0. The summed E-state index contributed by atoms with van der Waals surface area (Å²) in [5.74, 6) is 10.2. The molecule has 340 valence electrons. The van der Waals surface area contributed by atoms with Crippen molar-refractivity contribution in [2.24, 2.45) is 59.2 Å². The van der Waals surface area contributed by atoms with Gasteiger partial charge in [0.05, 0.1) is 0 Å². The second-order valence-electron chi connectivity index (χ2n) is 21.1. The van der Waals surface area contributed by atoms with Crippen LogP contribution in [0.2, 0.25) is 0 Å². The Hall–Kier alpha value is -3.26. The number of hydrogen-bond donors (Lipinski definition) is 0. The molecule has 8 aliphatic carbocycles. The third-order valence-corrected chi connectivity index (χ3v) is 17.5. The molecule has 0 heterocycles. The third kappa shape index (κ3) is 9.29. The molecule has 0 atom stereocenters. The summed E-state index contributed by atoms with van der Waals surface area (Å²) in [6.07, 6.45) is 17.9. The standard InChI is InChI=1S/2C30H29.2CH3.2ClH.Si.Zr/c2*1-2-5-23-18-25(9-8-22(23)4-1)28-7-3-6-24-11-21(17-30(24)28)16-29-26-12-19-10-20(14-26)15-27(29)13-19;;;;;;/h2*1-9,11,17-20,26-27,29H,10,12-16H2;2*1H3;2*1H;;/q4*-1;;;;. The first-order valence-electron chi connectivity index (χ1n) is 24.2. The van der Waals surface area contributed by atoms with Crippen molar-refractivity contribution in [3.8, 4) is 22.3 Å². The van der Waals surface area contributed by atoms with Gasteiger partial charge < -0.3 is 14.9 Å². The molecule has 0 N–H and O–H groups in total. The Morgan fingerprint density at radius 1 is 0.394 bits per heavy atom. The van der Waals surface area contributed by atoms with Crippen LogP contribution in [0.1, 0.15) is 75.3 Å². The fourth-order valence-electron chi connectivity index (χ4n) is 15.3. The van der Waals surface area contributed by atoms with Gasteiger partial charge in [0.25, 0.3) is 0 Å². The summed E-state index contributed by atoms with van der Waals surface area (Å²) in [5.41, 5.74) is 8.60. The molecule has 8 aliphatic rings. The molecular weight excluding hydrogens is 935 g/mol. The zero-order valence-electron chi connectivity index (χ0n) is 38.9. The smallest absolute Gasteiger partial charge is 0.0178 e. The van der Waals surface area contributed by atoms with E-state index in [1.54, 1.807) is 24.0 Å². The quantitative estimate of drug-likeness (QED) is 0.115. The van der Waals surface area contributed by atoms with Crippen LogP contribution in [-0.2, 0) is 36.2 Å². The zero-order valence-corrected chi connectivity index (χ0v) is 44.0. The molecule has 0 saturated heterocycles. The van der Waals surface area contributed by atoms with Crippen LogP contribution in [0.4, 0.5) is 0 Å². The van der Waals surface area contributed by atoms with Gasteiger partial charge in [-0.1, -0.05) is 96.1 Å². The second-order valence-corrected chi connectivity index (χ2v) is 21.1. The van der Waals surface area contributed by atoms with Crippen molar-refractivity contribution in [2.45, 2.75) is 77.0 Å². The van der Waals surface area contributed by atoms with Gasteiger partial charge in [0.1, 0.15) is 0 Å². The van der Waals surface area contributed by atoms with E-state index in [2.05, 4.69) is 152 Å². The molecular formula is C62H66Cl2SiZr-4. The van der Waals surface area contributed by atoms with Gasteiger partial charge in [-0.05, 0) is 181 Å². The average Bonchev–Trinajstić information content (AvgIpc) is 3.93. The van der Waals surface area contributed by atoms with Gasteiger partial charge in [-0.25, -0.2) is 0 Å². The molecule has 8 aromatic carbocycles. The first kappa shape index (κ1) is 49.2. The first-order valence-corrected chi connectivity index (χ1v) is 28.4. The van der Waals surface area contributed by atoms with Crippen LogP contribution in [0, 0.1) is 74.0 Å². The number of hydrogen-bond acceptors (Lipinski definition) is 0. The summed E-state index contributed by atoms with van der Waals surface area (Å²) in [6, 6.07) is 54.9. The Labute approximate surface area is 424 Å². The zero-order chi connectivity index (χ0) is 41.3. The molecule has 8 bridgehead atoms. The third-order valence-electron chi connectivity index (χ3n) is 17.5. The Morgan fingerprint density at radius 2 is 0.742 bits per heavy atom. The monoisotopic (exact) mass is 998 g/mol. The summed E-state index contributed by atoms with van der Waals surface area (Å²) < 4.78 is 0. The van der Waals surface area contributed by atoms with Gasteiger partial charge >= 0.3 is 30.2 Å². The predicted octanol–water partition coefficient (Wildman–Crippen LogP) is 17.3. The topological polar surface area (TPSA) is 0 Å². The van der Waals surface area contributed by atoms with Gasteiger partial charge in [-0.2, -0.15) is 12.1 Å². The second kappa shape index (κ2) is 20.8. The first-order chi connectivity index (χ1) is 30.6. The largest absolute Gasteiger partial charge is 0.164 e. The molecule has 0 unspecified atom stereocenters. The molecule has 4 heteroatoms. The van der Waals surface area contributed by atoms with Crippen LogP contribution in [0.3, 0.4) is 0 Å². The van der Waals surface area contributed by atoms with Crippen molar-refractivity contribution < 1.29 is 23.3 Å². The van der Waals surface area contributed by atoms with Crippen LogP contribution in [0.5, 0.6) is 0 Å². The number of rotatable bonds is 6. The summed E-state index contributed by atoms with van der Waals surface area (Å²) in [4.78, 5) is 0. The predicted molar refractivity (Wildman–Crippen MR) is 287 cm³/mol. The van der Waals surface area contributed by atoms with Crippen molar-refractivity contribution in [3.05, 3.63) is 172 Å². The minimum atomic E-state index is 0. The van der Waals surface area contributed by atoms with E-state index >= 15 is 0 Å². The van der Waals surface area contributed by atoms with Crippen LogP contribution < -0.4 is 0 Å². The normalized spacial score (nSPS) is 27.1. The molecule has 0 aromatic heterocycles. The Morgan fingerprint density at radius 3 is 1.11 bits per heavy atom. The van der Waals surface area contributed by atoms with Crippen LogP contribution in [0.15, 0.2) is 146 Å². The molecule has 0 aliphatic heterocycles. The minimum Gasteiger partial charge on any atom is -0.164 e. The molecule has 8 saturated carbocycles. The van der Waals surface area contributed by atoms with Crippen molar-refractivity contribution >= 4 is 74.8 Å². The van der Waals surface area contributed by atoms with E-state index in [0.29, 0.717) is 0 Å². The van der Waals surface area contributed by atoms with Crippen molar-refractivity contribution in [2.75, 3.05) is 0 Å². The fourth-order valence-corrected chi connectivity index (χ4v) is 15.3. The van der Waals surface area contributed by atoms with Gasteiger partial charge in [0.15, 0.2) is 0 Å². The summed E-state index contributed by atoms with van der Waals surface area (Å²) in [5, 5.41) is 11.0. The number of fused-ring (bicyclic) bond motifs is 4. The maximum Gasteiger partial charge on any atom is -0.0178 e. The molecule has 16 rings (SSSR count). The van der Waals surface area contributed by atoms with Crippen molar-refractivity contribution in [1.82, 2.24) is 0 Å². The molecule has 0 spiro atoms. The van der Waals surface area contributed by atoms with E-state index in [1.165, 1.54) is 153 Å². The van der Waals surface area contributed by atoms with Gasteiger partial charge in [0, 0.05) is 0 Å². The number of halogens is 2.